The third-order valence-electron chi connectivity index (χ3n) is 22.7. The highest BCUT2D eigenvalue weighted by atomic mass is 127. The minimum Gasteiger partial charge on any atom is -0.507 e. The van der Waals surface area contributed by atoms with E-state index >= 15 is 0 Å². The number of phenols is 1. The highest BCUT2D eigenvalue weighted by Gasteiger charge is 2.35. The van der Waals surface area contributed by atoms with Crippen LogP contribution in [-0.2, 0) is 90.4 Å². The number of phenolic OH excluding ortho intramolecular Hbond substituents is 1. The first-order chi connectivity index (χ1) is 69.9. The summed E-state index contributed by atoms with van der Waals surface area (Å²) < 4.78 is 82.9. The summed E-state index contributed by atoms with van der Waals surface area (Å²) in [6.45, 7) is 36.4. The normalized spacial score (nSPS) is 15.0. The molecule has 0 spiro atoms. The second-order valence-electron chi connectivity index (χ2n) is 33.3. The number of morpholine rings is 6. The average Bonchev–Trinajstić information content (AvgIpc) is 0.732. The van der Waals surface area contributed by atoms with Gasteiger partial charge in [0.05, 0.1) is 178 Å². The van der Waals surface area contributed by atoms with Crippen LogP contribution in [0.5, 0.6) is 17.2 Å². The molecule has 6 fully saturated rings. The van der Waals surface area contributed by atoms with Crippen molar-refractivity contribution in [3.05, 3.63) is 131 Å². The summed E-state index contributed by atoms with van der Waals surface area (Å²) in [4.78, 5) is 168. The van der Waals surface area contributed by atoms with Gasteiger partial charge < -0.3 is 132 Å². The van der Waals surface area contributed by atoms with Crippen molar-refractivity contribution in [1.29, 1.82) is 0 Å². The molecule has 0 unspecified atom stereocenters. The Bertz CT molecular complexity index is 5290. The highest BCUT2D eigenvalue weighted by Crippen LogP contribution is 2.44. The fraction of sp³-hybridized carbons (Fsp3) is 0.484. The van der Waals surface area contributed by atoms with Gasteiger partial charge in [-0.1, -0.05) is 0 Å². The number of methoxy groups -OCH3 is 1. The van der Waals surface area contributed by atoms with Crippen LogP contribution in [0.25, 0.3) is 0 Å². The van der Waals surface area contributed by atoms with Crippen molar-refractivity contribution in [3.8, 4) is 17.2 Å². The maximum absolute atomic E-state index is 13.1. The molecule has 6 aromatic rings. The molecule has 6 heterocycles. The number of carbonyl (C=O) groups excluding carboxylic acids is 13. The number of rotatable bonds is 32. The third-order valence-corrected chi connectivity index (χ3v) is 34.5. The van der Waals surface area contributed by atoms with Crippen molar-refractivity contribution in [3.63, 3.8) is 0 Å². The molecular weight excluding hydrogens is 3280 g/mol. The van der Waals surface area contributed by atoms with Crippen LogP contribution in [0.2, 0.25) is 0 Å². The molecule has 0 aliphatic carbocycles. The van der Waals surface area contributed by atoms with Gasteiger partial charge in [0, 0.05) is 69.7 Å². The Morgan fingerprint density at radius 1 is 0.320 bits per heavy atom. The Kier molecular flexibility index (Phi) is 60.9. The average molecular weight is 3400 g/mol. The molecule has 147 heavy (non-hydrogen) atoms. The van der Waals surface area contributed by atoms with E-state index in [2.05, 4.69) is 179 Å². The molecule has 0 atom stereocenters. The number of anilines is 6. The number of hydrogen-bond acceptors (Lipinski definition) is 28. The molecule has 0 radical (unpaired) electrons. The Labute approximate surface area is 1020 Å². The number of benzene rings is 6. The molecule has 0 aromatic heterocycles. The molecule has 808 valence electrons. The fourth-order valence-electron chi connectivity index (χ4n) is 14.6. The number of nitrogens with zero attached hydrogens (tertiary/aromatic N) is 2. The molecule has 52 heteroatoms. The number of quaternary nitrogens is 6. The molecule has 6 aromatic carbocycles. The van der Waals surface area contributed by atoms with Gasteiger partial charge in [0.2, 0.25) is 35.4 Å². The van der Waals surface area contributed by atoms with Crippen molar-refractivity contribution in [1.82, 2.24) is 0 Å². The van der Waals surface area contributed by atoms with Gasteiger partial charge in [-0.25, -0.2) is 28.8 Å². The van der Waals surface area contributed by atoms with Gasteiger partial charge in [-0.2, -0.15) is 0 Å². The Balaban J connectivity index is 0.000000241. The topological polar surface area (TPSA) is 453 Å². The molecule has 6 saturated heterocycles. The van der Waals surface area contributed by atoms with Crippen LogP contribution in [0, 0.1) is 42.8 Å². The summed E-state index contributed by atoms with van der Waals surface area (Å²) in [5.74, 6) is -3.55. The predicted octanol–water partition coefficient (Wildman–Crippen LogP) is 5.24. The smallest absolute Gasteiger partial charge is 0.342 e. The zero-order valence-corrected chi connectivity index (χ0v) is 108. The lowest BCUT2D eigenvalue weighted by molar-refractivity contribution is -0.908. The Hall–Kier alpha value is -3.69. The number of carbonyl (C=O) groups is 13. The number of esters is 7. The summed E-state index contributed by atoms with van der Waals surface area (Å²) in [6.07, 6.45) is 0. The van der Waals surface area contributed by atoms with E-state index in [1.165, 1.54) is 93.7 Å². The zero-order chi connectivity index (χ0) is 108. The predicted molar refractivity (Wildman–Crippen MR) is 646 cm³/mol. The van der Waals surface area contributed by atoms with Gasteiger partial charge in [0.1, 0.15) is 186 Å². The van der Waals surface area contributed by atoms with E-state index in [0.717, 1.165) is 188 Å². The standard InChI is InChI=1S/C19H24I3N3O5.2C17H20I3N3O5.C15H18INO5.C14H18INO4.C13H16INO4/c1-11(26)23(3)17-14(20)13(15(21)18(16(17)22)24(4)12(2)27)19(28)30-10-7-25-5-8-29-9-6-25;2*1-9(24)21-15-12(18)11(13(19)16(14(15)20)22-10(2)25)17(26)28-8-5-23-3-6-27-7-4-23;1-11(18)22-14-10-12(16)2-3-13(14)15(19)21-9-6-17-4-7-20-8-5-17;1-18-13-10-11(15)2-3-12(13)14(17)20-9-6-16-4-7-19-8-5-16;14-11-2-1-10(9-12(11)16)13(17)19-8-5-15-3-6-18-7-4-15/h5-10H2,1-4H3;2*3-8H2,1-2H3,(H,21,24)(H,22,25);2-3,10H,4-9H2,1H3;2-3,10H,4-9H2,1H3;1-2,9,16H,3-8H2/p+6. The fourth-order valence-corrected chi connectivity index (χ4v) is 29.2. The minimum atomic E-state index is -0.476. The molecule has 6 amide bonds. The summed E-state index contributed by atoms with van der Waals surface area (Å²) in [6, 6.07) is 15.3. The first-order valence-corrected chi connectivity index (χ1v) is 59.4. The van der Waals surface area contributed by atoms with Crippen molar-refractivity contribution in [2.24, 2.45) is 0 Å². The van der Waals surface area contributed by atoms with E-state index in [1.807, 2.05) is 125 Å². The molecule has 11 N–H and O–H groups in total. The molecule has 12 rings (SSSR count). The van der Waals surface area contributed by atoms with Gasteiger partial charge in [-0.3, -0.25) is 33.6 Å². The maximum atomic E-state index is 13.1. The van der Waals surface area contributed by atoms with Gasteiger partial charge in [0.25, 0.3) is 0 Å². The van der Waals surface area contributed by atoms with Crippen LogP contribution in [0.3, 0.4) is 0 Å². The Morgan fingerprint density at radius 2 is 0.571 bits per heavy atom. The number of hydrogen-bond donors (Lipinski definition) is 11. The molecule has 0 saturated carbocycles. The van der Waals surface area contributed by atoms with Gasteiger partial charge in [-0.05, 0) is 326 Å². The van der Waals surface area contributed by atoms with Crippen LogP contribution in [0.4, 0.5) is 34.1 Å². The van der Waals surface area contributed by atoms with Crippen LogP contribution >= 0.6 is 271 Å². The lowest BCUT2D eigenvalue weighted by Gasteiger charge is -2.27. The van der Waals surface area contributed by atoms with Crippen LogP contribution in [-0.4, -0.2) is 340 Å². The summed E-state index contributed by atoms with van der Waals surface area (Å²) in [7, 11) is 4.87. The summed E-state index contributed by atoms with van der Waals surface area (Å²) in [5.41, 5.74) is 5.33. The van der Waals surface area contributed by atoms with Crippen LogP contribution in [0.15, 0.2) is 54.6 Å². The highest BCUT2D eigenvalue weighted by molar-refractivity contribution is 14.1. The number of ether oxygens (including phenoxy) is 14. The second kappa shape index (κ2) is 68.7. The molecule has 0 bridgehead atoms. The summed E-state index contributed by atoms with van der Waals surface area (Å²) in [5, 5.41) is 20.5. The van der Waals surface area contributed by atoms with E-state index in [-0.39, 0.29) is 77.7 Å². The second-order valence-corrected chi connectivity index (χ2v) is 46.6. The van der Waals surface area contributed by atoms with Gasteiger partial charge in [-0.15, -0.1) is 0 Å². The number of nitrogens with one attached hydrogen (secondary N) is 10. The third kappa shape index (κ3) is 43.7. The van der Waals surface area contributed by atoms with Crippen LogP contribution < -0.4 is 69.9 Å². The van der Waals surface area contributed by atoms with Crippen molar-refractivity contribution < 1.29 is 163 Å². The lowest BCUT2D eigenvalue weighted by Crippen LogP contribution is -3.14. The van der Waals surface area contributed by atoms with E-state index in [0.29, 0.717) is 146 Å². The van der Waals surface area contributed by atoms with Gasteiger partial charge >= 0.3 is 41.8 Å². The first kappa shape index (κ1) is 130. The Morgan fingerprint density at radius 3 is 0.823 bits per heavy atom. The maximum Gasteiger partial charge on any atom is 0.342 e. The largest absolute Gasteiger partial charge is 0.507 e. The van der Waals surface area contributed by atoms with E-state index < -0.39 is 29.8 Å². The number of amides is 6. The van der Waals surface area contributed by atoms with Crippen molar-refractivity contribution >= 4 is 382 Å². The van der Waals surface area contributed by atoms with E-state index in [4.69, 9.17) is 66.3 Å². The van der Waals surface area contributed by atoms with Crippen LogP contribution in [0.1, 0.15) is 111 Å². The van der Waals surface area contributed by atoms with Crippen molar-refractivity contribution in [2.45, 2.75) is 48.5 Å². The quantitative estimate of drug-likeness (QED) is 0.0111. The zero-order valence-electron chi connectivity index (χ0n) is 82.6. The SMILES string of the molecule is CC(=O)N(C)c1c(I)c(C(=O)OCC[NH+]2CCOCC2)c(I)c(N(C)C(C)=O)c1I.CC(=O)Nc1c(I)c(NC(C)=O)c(I)c(C(=O)OCC[NH+]2CCOCC2)c1I.CC(=O)Nc1c(I)c(NC(C)=O)c(I)c(C(=O)OCC[NH+]2CCOCC2)c1I.CC(=O)Oc1cc(I)ccc1C(=O)OCC[NH+]1CCOCC1.COc1cc(I)ccc1C(=O)OCC[NH+]1CCOCC1.O=C(OCC[NH+]1CCOCC1)c1ccc(I)c(O)c1. The molecule has 6 aliphatic rings. The molecule has 40 nitrogen and oxygen atoms in total. The lowest BCUT2D eigenvalue weighted by atomic mass is 10.1. The van der Waals surface area contributed by atoms with E-state index in [1.54, 1.807) is 57.6 Å². The first-order valence-electron chi connectivity index (χ1n) is 46.5. The molecule has 6 aliphatic heterocycles. The molecular formula is C95H122I12N12O28+6. The monoisotopic (exact) mass is 3400 g/mol. The van der Waals surface area contributed by atoms with Gasteiger partial charge in [0.15, 0.2) is 0 Å². The number of aromatic hydroxyl groups is 1. The minimum absolute atomic E-state index is 0.105. The van der Waals surface area contributed by atoms with Crippen molar-refractivity contribution in [2.75, 3.05) is 289 Å². The van der Waals surface area contributed by atoms with E-state index in [9.17, 15) is 67.4 Å². The number of halogens is 12. The summed E-state index contributed by atoms with van der Waals surface area (Å²) >= 11 is 24.8.